The zero-order valence-electron chi connectivity index (χ0n) is 18.3. The summed E-state index contributed by atoms with van der Waals surface area (Å²) in [5, 5.41) is 0. The van der Waals surface area contributed by atoms with E-state index in [0.717, 1.165) is 43.9 Å². The van der Waals surface area contributed by atoms with E-state index in [9.17, 15) is 8.42 Å². The summed E-state index contributed by atoms with van der Waals surface area (Å²) in [6, 6.07) is 13.0. The first-order valence-electron chi connectivity index (χ1n) is 10.8. The first-order chi connectivity index (χ1) is 14.9. The lowest BCUT2D eigenvalue weighted by atomic mass is 9.78. The topological polar surface area (TPSA) is 72.0 Å². The van der Waals surface area contributed by atoms with E-state index in [1.54, 1.807) is 29.6 Å². The Morgan fingerprint density at radius 2 is 1.90 bits per heavy atom. The Morgan fingerprint density at radius 3 is 2.65 bits per heavy atom. The fourth-order valence-corrected chi connectivity index (χ4v) is 6.12. The second-order valence-electron chi connectivity index (χ2n) is 8.61. The van der Waals surface area contributed by atoms with Crippen molar-refractivity contribution in [3.05, 3.63) is 53.9 Å². The molecule has 0 N–H and O–H groups in total. The second kappa shape index (κ2) is 9.24. The summed E-state index contributed by atoms with van der Waals surface area (Å²) < 4.78 is 39.8. The predicted molar refractivity (Wildman–Crippen MR) is 118 cm³/mol. The SMILES string of the molecule is COCCN1CC2(CCN(Cc3cccc(C)n3)CC2)COc2ccccc2S1(=O)=O. The zero-order valence-corrected chi connectivity index (χ0v) is 19.1. The number of fused-ring (bicyclic) bond motifs is 1. The van der Waals surface area contributed by atoms with Gasteiger partial charge in [-0.15, -0.1) is 0 Å². The largest absolute Gasteiger partial charge is 0.492 e. The van der Waals surface area contributed by atoms with E-state index in [-0.39, 0.29) is 10.3 Å². The minimum absolute atomic E-state index is 0.217. The Balaban J connectivity index is 1.53. The Labute approximate surface area is 185 Å². The summed E-state index contributed by atoms with van der Waals surface area (Å²) in [6.07, 6.45) is 1.75. The average Bonchev–Trinajstić information content (AvgIpc) is 2.76. The maximum absolute atomic E-state index is 13.4. The van der Waals surface area contributed by atoms with Gasteiger partial charge >= 0.3 is 0 Å². The monoisotopic (exact) mass is 445 g/mol. The van der Waals surface area contributed by atoms with Gasteiger partial charge < -0.3 is 9.47 Å². The predicted octanol–water partition coefficient (Wildman–Crippen LogP) is 2.70. The molecule has 2 aliphatic rings. The summed E-state index contributed by atoms with van der Waals surface area (Å²) in [5.41, 5.74) is 1.88. The van der Waals surface area contributed by atoms with E-state index >= 15 is 0 Å². The number of sulfonamides is 1. The van der Waals surface area contributed by atoms with E-state index in [1.165, 1.54) is 0 Å². The number of methoxy groups -OCH3 is 1. The Morgan fingerprint density at radius 1 is 1.13 bits per heavy atom. The van der Waals surface area contributed by atoms with Gasteiger partial charge in [0.25, 0.3) is 0 Å². The summed E-state index contributed by atoms with van der Waals surface area (Å²) in [6.45, 7) is 6.26. The lowest BCUT2D eigenvalue weighted by molar-refractivity contribution is 0.0286. The van der Waals surface area contributed by atoms with Crippen LogP contribution >= 0.6 is 0 Å². The third-order valence-electron chi connectivity index (χ3n) is 6.31. The van der Waals surface area contributed by atoms with Gasteiger partial charge in [0, 0.05) is 37.9 Å². The van der Waals surface area contributed by atoms with Crippen LogP contribution in [0.4, 0.5) is 0 Å². The lowest BCUT2D eigenvalue weighted by Crippen LogP contribution is -2.52. The molecule has 7 nitrogen and oxygen atoms in total. The summed E-state index contributed by atoms with van der Waals surface area (Å²) >= 11 is 0. The Bertz CT molecular complexity index is 1000. The number of benzene rings is 1. The highest BCUT2D eigenvalue weighted by molar-refractivity contribution is 7.89. The van der Waals surface area contributed by atoms with Crippen LogP contribution in [0.5, 0.6) is 5.75 Å². The number of piperidine rings is 1. The van der Waals surface area contributed by atoms with Crippen molar-refractivity contribution in [3.63, 3.8) is 0 Å². The maximum Gasteiger partial charge on any atom is 0.246 e. The van der Waals surface area contributed by atoms with Crippen LogP contribution in [0.2, 0.25) is 0 Å². The summed E-state index contributed by atoms with van der Waals surface area (Å²) in [7, 11) is -2.05. The Kier molecular flexibility index (Phi) is 6.62. The molecule has 168 valence electrons. The van der Waals surface area contributed by atoms with Crippen LogP contribution in [0.1, 0.15) is 24.2 Å². The minimum atomic E-state index is -3.65. The molecule has 3 heterocycles. The number of aryl methyl sites for hydroxylation is 1. The molecule has 1 saturated heterocycles. The van der Waals surface area contributed by atoms with Gasteiger partial charge in [-0.1, -0.05) is 18.2 Å². The molecule has 1 aromatic carbocycles. The van der Waals surface area contributed by atoms with Gasteiger partial charge in [-0.05, 0) is 57.1 Å². The van der Waals surface area contributed by atoms with Crippen LogP contribution in [0, 0.1) is 12.3 Å². The van der Waals surface area contributed by atoms with Crippen molar-refractivity contribution in [2.45, 2.75) is 31.2 Å². The van der Waals surface area contributed by atoms with E-state index in [4.69, 9.17) is 9.47 Å². The molecule has 0 aliphatic carbocycles. The number of hydrogen-bond acceptors (Lipinski definition) is 6. The minimum Gasteiger partial charge on any atom is -0.492 e. The van der Waals surface area contributed by atoms with Crippen molar-refractivity contribution in [1.82, 2.24) is 14.2 Å². The molecule has 0 saturated carbocycles. The van der Waals surface area contributed by atoms with Gasteiger partial charge in [0.2, 0.25) is 10.0 Å². The van der Waals surface area contributed by atoms with E-state index in [2.05, 4.69) is 16.0 Å². The summed E-state index contributed by atoms with van der Waals surface area (Å²) in [4.78, 5) is 7.26. The highest BCUT2D eigenvalue weighted by Gasteiger charge is 2.42. The van der Waals surface area contributed by atoms with Gasteiger partial charge in [-0.25, -0.2) is 8.42 Å². The molecule has 0 radical (unpaired) electrons. The van der Waals surface area contributed by atoms with Crippen molar-refractivity contribution in [1.29, 1.82) is 0 Å². The van der Waals surface area contributed by atoms with Crippen molar-refractivity contribution >= 4 is 10.0 Å². The number of aromatic nitrogens is 1. The van der Waals surface area contributed by atoms with Gasteiger partial charge in [0.1, 0.15) is 10.6 Å². The Hall–Kier alpha value is -2.00. The fraction of sp³-hybridized carbons (Fsp3) is 0.522. The molecule has 0 amide bonds. The van der Waals surface area contributed by atoms with Crippen molar-refractivity contribution in [3.8, 4) is 5.75 Å². The number of likely N-dealkylation sites (tertiary alicyclic amines) is 1. The van der Waals surface area contributed by atoms with Gasteiger partial charge in [-0.3, -0.25) is 9.88 Å². The van der Waals surface area contributed by atoms with E-state index in [1.807, 2.05) is 25.1 Å². The third kappa shape index (κ3) is 4.92. The van der Waals surface area contributed by atoms with E-state index in [0.29, 0.717) is 32.1 Å². The second-order valence-corrected chi connectivity index (χ2v) is 10.5. The first kappa shape index (κ1) is 22.2. The fourth-order valence-electron chi connectivity index (χ4n) is 4.45. The van der Waals surface area contributed by atoms with Crippen molar-refractivity contribution in [2.24, 2.45) is 5.41 Å². The zero-order chi connectivity index (χ0) is 21.9. The third-order valence-corrected chi connectivity index (χ3v) is 8.19. The quantitative estimate of drug-likeness (QED) is 0.705. The molecular weight excluding hydrogens is 414 g/mol. The lowest BCUT2D eigenvalue weighted by Gasteiger charge is -2.45. The number of ether oxygens (including phenoxy) is 2. The highest BCUT2D eigenvalue weighted by Crippen LogP contribution is 2.39. The highest BCUT2D eigenvalue weighted by atomic mass is 32.2. The van der Waals surface area contributed by atoms with Gasteiger partial charge in [0.15, 0.2) is 0 Å². The standard InChI is InChI=1S/C23H31N3O4S/c1-19-6-5-7-20(24-19)16-25-12-10-23(11-13-25)17-26(14-15-29-2)31(27,28)22-9-4-3-8-21(22)30-18-23/h3-9H,10-18H2,1-2H3. The van der Waals surface area contributed by atoms with E-state index < -0.39 is 10.0 Å². The molecule has 4 rings (SSSR count). The average molecular weight is 446 g/mol. The first-order valence-corrected chi connectivity index (χ1v) is 12.2. The molecule has 1 fully saturated rings. The van der Waals surface area contributed by atoms with Crippen molar-refractivity contribution in [2.75, 3.05) is 46.5 Å². The number of pyridine rings is 1. The number of hydrogen-bond donors (Lipinski definition) is 0. The smallest absolute Gasteiger partial charge is 0.246 e. The number of rotatable bonds is 5. The molecule has 8 heteroatoms. The van der Waals surface area contributed by atoms with Gasteiger partial charge in [0.05, 0.1) is 18.9 Å². The van der Waals surface area contributed by atoms with Crippen molar-refractivity contribution < 1.29 is 17.9 Å². The van der Waals surface area contributed by atoms with Crippen LogP contribution < -0.4 is 4.74 Å². The molecular formula is C23H31N3O4S. The number of para-hydroxylation sites is 1. The normalized spacial score (nSPS) is 21.1. The van der Waals surface area contributed by atoms with Crippen LogP contribution in [-0.4, -0.2) is 69.1 Å². The maximum atomic E-state index is 13.4. The molecule has 0 unspecified atom stereocenters. The molecule has 1 spiro atoms. The molecule has 31 heavy (non-hydrogen) atoms. The molecule has 2 aromatic rings. The summed E-state index contributed by atoms with van der Waals surface area (Å²) in [5.74, 6) is 0.440. The molecule has 2 aliphatic heterocycles. The van der Waals surface area contributed by atoms with Gasteiger partial charge in [-0.2, -0.15) is 4.31 Å². The van der Waals surface area contributed by atoms with Crippen LogP contribution in [-0.2, 0) is 21.3 Å². The molecule has 0 atom stereocenters. The molecule has 0 bridgehead atoms. The van der Waals surface area contributed by atoms with Crippen LogP contribution in [0.15, 0.2) is 47.4 Å². The number of nitrogens with zero attached hydrogens (tertiary/aromatic N) is 3. The molecule has 1 aromatic heterocycles. The van der Waals surface area contributed by atoms with Crippen LogP contribution in [0.3, 0.4) is 0 Å². The van der Waals surface area contributed by atoms with Crippen LogP contribution in [0.25, 0.3) is 0 Å².